The molecule has 0 radical (unpaired) electrons. The number of fused-ring (bicyclic) bond motifs is 1. The highest BCUT2D eigenvalue weighted by Gasteiger charge is 2.28. The minimum atomic E-state index is -3.64. The zero-order chi connectivity index (χ0) is 20.6. The van der Waals surface area contributed by atoms with Crippen molar-refractivity contribution in [2.45, 2.75) is 24.7 Å². The van der Waals surface area contributed by atoms with E-state index in [1.54, 1.807) is 30.6 Å². The van der Waals surface area contributed by atoms with Crippen LogP contribution in [0.2, 0.25) is 0 Å². The Hall–Kier alpha value is -2.35. The Kier molecular flexibility index (Phi) is 5.38. The molecule has 0 spiro atoms. The maximum absolute atomic E-state index is 13.1. The van der Waals surface area contributed by atoms with Crippen LogP contribution in [0.3, 0.4) is 0 Å². The van der Waals surface area contributed by atoms with Gasteiger partial charge in [0.05, 0.1) is 16.1 Å². The second-order valence-corrected chi connectivity index (χ2v) is 9.62. The standard InChI is InChI=1S/C21H20ClN3O3S/c1-14-6-9-25(10-7-14)29(27,28)16-4-5-19-17(11-16)18(21(22)26)12-20(24-19)15-3-2-8-23-13-15/h2-5,8,11-14H,6-7,9-10H2,1H3. The molecule has 0 amide bonds. The van der Waals surface area contributed by atoms with Crippen molar-refractivity contribution in [3.8, 4) is 11.3 Å². The smallest absolute Gasteiger partial charge is 0.253 e. The zero-order valence-electron chi connectivity index (χ0n) is 15.9. The summed E-state index contributed by atoms with van der Waals surface area (Å²) in [6, 6.07) is 9.85. The number of pyridine rings is 2. The van der Waals surface area contributed by atoms with Crippen LogP contribution < -0.4 is 0 Å². The highest BCUT2D eigenvalue weighted by molar-refractivity contribution is 7.89. The molecule has 3 heterocycles. The first-order valence-electron chi connectivity index (χ1n) is 9.41. The minimum absolute atomic E-state index is 0.148. The number of carbonyl (C=O) groups is 1. The fourth-order valence-corrected chi connectivity index (χ4v) is 5.22. The van der Waals surface area contributed by atoms with Gasteiger partial charge in [-0.1, -0.05) is 6.92 Å². The molecule has 0 bridgehead atoms. The van der Waals surface area contributed by atoms with Crippen molar-refractivity contribution in [1.29, 1.82) is 0 Å². The van der Waals surface area contributed by atoms with Gasteiger partial charge in [0.2, 0.25) is 10.0 Å². The summed E-state index contributed by atoms with van der Waals surface area (Å²) in [6.07, 6.45) is 4.98. The summed E-state index contributed by atoms with van der Waals surface area (Å²) in [4.78, 5) is 20.9. The Labute approximate surface area is 174 Å². The molecule has 0 aliphatic carbocycles. The monoisotopic (exact) mass is 429 g/mol. The van der Waals surface area contributed by atoms with E-state index in [1.165, 1.54) is 16.4 Å². The van der Waals surface area contributed by atoms with E-state index in [0.29, 0.717) is 35.6 Å². The predicted octanol–water partition coefficient (Wildman–Crippen LogP) is 4.10. The number of hydrogen-bond donors (Lipinski definition) is 0. The number of benzene rings is 1. The third-order valence-electron chi connectivity index (χ3n) is 5.33. The molecule has 3 aromatic rings. The summed E-state index contributed by atoms with van der Waals surface area (Å²) < 4.78 is 27.7. The van der Waals surface area contributed by atoms with E-state index in [0.717, 1.165) is 18.4 Å². The van der Waals surface area contributed by atoms with Crippen LogP contribution >= 0.6 is 11.6 Å². The molecule has 1 fully saturated rings. The van der Waals surface area contributed by atoms with Crippen molar-refractivity contribution in [1.82, 2.24) is 14.3 Å². The molecular formula is C21H20ClN3O3S. The van der Waals surface area contributed by atoms with Crippen molar-refractivity contribution in [2.24, 2.45) is 5.92 Å². The molecule has 29 heavy (non-hydrogen) atoms. The summed E-state index contributed by atoms with van der Waals surface area (Å²) in [6.45, 7) is 3.13. The summed E-state index contributed by atoms with van der Waals surface area (Å²) in [7, 11) is -3.64. The highest BCUT2D eigenvalue weighted by atomic mass is 35.5. The Balaban J connectivity index is 1.81. The largest absolute Gasteiger partial charge is 0.276 e. The average molecular weight is 430 g/mol. The van der Waals surface area contributed by atoms with Crippen LogP contribution in [-0.2, 0) is 10.0 Å². The first-order chi connectivity index (χ1) is 13.9. The Morgan fingerprint density at radius 3 is 2.59 bits per heavy atom. The molecule has 150 valence electrons. The van der Waals surface area contributed by atoms with E-state index in [4.69, 9.17) is 11.6 Å². The van der Waals surface area contributed by atoms with E-state index >= 15 is 0 Å². The molecular weight excluding hydrogens is 410 g/mol. The van der Waals surface area contributed by atoms with Crippen LogP contribution in [0.5, 0.6) is 0 Å². The van der Waals surface area contributed by atoms with Gasteiger partial charge in [-0.15, -0.1) is 0 Å². The number of sulfonamides is 1. The number of carbonyl (C=O) groups excluding carboxylic acids is 1. The molecule has 0 atom stereocenters. The normalized spacial score (nSPS) is 16.2. The van der Waals surface area contributed by atoms with E-state index in [-0.39, 0.29) is 10.5 Å². The Bertz CT molecular complexity index is 1170. The average Bonchev–Trinajstić information content (AvgIpc) is 2.73. The van der Waals surface area contributed by atoms with Gasteiger partial charge in [0.25, 0.3) is 5.24 Å². The van der Waals surface area contributed by atoms with Gasteiger partial charge in [-0.05, 0) is 66.8 Å². The van der Waals surface area contributed by atoms with Crippen LogP contribution in [0, 0.1) is 5.92 Å². The van der Waals surface area contributed by atoms with Gasteiger partial charge in [-0.25, -0.2) is 13.4 Å². The summed E-state index contributed by atoms with van der Waals surface area (Å²) in [5.41, 5.74) is 2.02. The Morgan fingerprint density at radius 2 is 1.93 bits per heavy atom. The van der Waals surface area contributed by atoms with Gasteiger partial charge in [0.15, 0.2) is 0 Å². The lowest BCUT2D eigenvalue weighted by atomic mass is 10.0. The topological polar surface area (TPSA) is 80.2 Å². The van der Waals surface area contributed by atoms with Crippen molar-refractivity contribution in [3.05, 3.63) is 54.4 Å². The molecule has 1 aromatic carbocycles. The van der Waals surface area contributed by atoms with Gasteiger partial charge in [-0.3, -0.25) is 9.78 Å². The van der Waals surface area contributed by atoms with E-state index in [2.05, 4.69) is 16.9 Å². The van der Waals surface area contributed by atoms with Crippen LogP contribution in [0.4, 0.5) is 0 Å². The number of piperidine rings is 1. The van der Waals surface area contributed by atoms with Gasteiger partial charge < -0.3 is 0 Å². The fraction of sp³-hybridized carbons (Fsp3) is 0.286. The quantitative estimate of drug-likeness (QED) is 0.583. The second-order valence-electron chi connectivity index (χ2n) is 7.34. The first kappa shape index (κ1) is 19.9. The van der Waals surface area contributed by atoms with Crippen LogP contribution in [0.1, 0.15) is 30.1 Å². The number of halogens is 1. The van der Waals surface area contributed by atoms with Gasteiger partial charge in [-0.2, -0.15) is 4.31 Å². The molecule has 1 saturated heterocycles. The molecule has 0 unspecified atom stereocenters. The number of rotatable bonds is 4. The van der Waals surface area contributed by atoms with Crippen LogP contribution in [-0.4, -0.2) is 41.0 Å². The summed E-state index contributed by atoms with van der Waals surface area (Å²) in [5, 5.41) is -0.243. The maximum atomic E-state index is 13.1. The molecule has 0 saturated carbocycles. The molecule has 1 aliphatic heterocycles. The third-order valence-corrected chi connectivity index (χ3v) is 7.43. The van der Waals surface area contributed by atoms with Crippen molar-refractivity contribution in [2.75, 3.05) is 13.1 Å². The SMILES string of the molecule is CC1CCN(S(=O)(=O)c2ccc3nc(-c4cccnc4)cc(C(=O)Cl)c3c2)CC1. The second kappa shape index (κ2) is 7.82. The summed E-state index contributed by atoms with van der Waals surface area (Å²) >= 11 is 5.83. The molecule has 1 aliphatic rings. The van der Waals surface area contributed by atoms with Crippen molar-refractivity contribution in [3.63, 3.8) is 0 Å². The maximum Gasteiger partial charge on any atom is 0.253 e. The molecule has 6 nitrogen and oxygen atoms in total. The molecule has 4 rings (SSSR count). The number of nitrogens with zero attached hydrogens (tertiary/aromatic N) is 3. The van der Waals surface area contributed by atoms with E-state index in [9.17, 15) is 13.2 Å². The lowest BCUT2D eigenvalue weighted by molar-refractivity contribution is 0.108. The zero-order valence-corrected chi connectivity index (χ0v) is 17.4. The van der Waals surface area contributed by atoms with Crippen LogP contribution in [0.25, 0.3) is 22.2 Å². The highest BCUT2D eigenvalue weighted by Crippen LogP contribution is 2.30. The first-order valence-corrected chi connectivity index (χ1v) is 11.2. The van der Waals surface area contributed by atoms with Gasteiger partial charge >= 0.3 is 0 Å². The lowest BCUT2D eigenvalue weighted by Crippen LogP contribution is -2.37. The lowest BCUT2D eigenvalue weighted by Gasteiger charge is -2.29. The van der Waals surface area contributed by atoms with E-state index in [1.807, 2.05) is 6.07 Å². The molecule has 2 aromatic heterocycles. The third kappa shape index (κ3) is 3.90. The summed E-state index contributed by atoms with van der Waals surface area (Å²) in [5.74, 6) is 0.522. The minimum Gasteiger partial charge on any atom is -0.276 e. The number of aromatic nitrogens is 2. The number of hydrogen-bond acceptors (Lipinski definition) is 5. The predicted molar refractivity (Wildman–Crippen MR) is 112 cm³/mol. The Morgan fingerprint density at radius 1 is 1.17 bits per heavy atom. The van der Waals surface area contributed by atoms with Crippen molar-refractivity contribution >= 4 is 37.8 Å². The van der Waals surface area contributed by atoms with Crippen molar-refractivity contribution < 1.29 is 13.2 Å². The van der Waals surface area contributed by atoms with Crippen LogP contribution in [0.15, 0.2) is 53.7 Å². The fourth-order valence-electron chi connectivity index (χ4n) is 3.56. The van der Waals surface area contributed by atoms with Gasteiger partial charge in [0, 0.05) is 42.0 Å². The molecule has 0 N–H and O–H groups in total. The molecule has 8 heteroatoms. The van der Waals surface area contributed by atoms with Gasteiger partial charge in [0.1, 0.15) is 0 Å². The van der Waals surface area contributed by atoms with E-state index < -0.39 is 15.3 Å².